The molecule has 0 amide bonds. The molecule has 0 saturated carbocycles. The van der Waals surface area contributed by atoms with Crippen molar-refractivity contribution in [1.82, 2.24) is 0 Å². The summed E-state index contributed by atoms with van der Waals surface area (Å²) in [5.41, 5.74) is 0. The van der Waals surface area contributed by atoms with Gasteiger partial charge in [-0.15, -0.1) is 0 Å². The zero-order chi connectivity index (χ0) is 0. The van der Waals surface area contributed by atoms with Crippen LogP contribution in [-0.4, -0.2) is 0 Å². The van der Waals surface area contributed by atoms with Gasteiger partial charge in [0, 0.05) is 21.1 Å². The first kappa shape index (κ1) is 1580. The van der Waals surface area contributed by atoms with E-state index < -0.39 is 0 Å². The summed E-state index contributed by atoms with van der Waals surface area (Å²) < 4.78 is 0. The van der Waals surface area contributed by atoms with Crippen LogP contribution in [0.15, 0.2) is 0 Å². The molecule has 0 N–H and O–H groups in total. The van der Waals surface area contributed by atoms with Gasteiger partial charge in [-0.2, -0.15) is 0 Å². The van der Waals surface area contributed by atoms with Gasteiger partial charge in [0.25, 0.3) is 0 Å². The summed E-state index contributed by atoms with van der Waals surface area (Å²) in [7, 11) is 0. The molecule has 0 aromatic carbocycles. The molecule has 0 aliphatic heterocycles. The van der Waals surface area contributed by atoms with Crippen LogP contribution < -0.4 is 23.5 Å². The summed E-state index contributed by atoms with van der Waals surface area (Å²) in [6.45, 7) is 0. The van der Waals surface area contributed by atoms with Crippen LogP contribution in [0.25, 0.3) is 0 Å². The Labute approximate surface area is 45.4 Å². The molecule has 0 nitrogen and oxygen atoms in total. The Morgan fingerprint density at radius 2 is 0.333 bits per heavy atom. The smallest absolute Gasteiger partial charge is 0 e. The van der Waals surface area contributed by atoms with Gasteiger partial charge in [0.05, 0.1) is 0 Å². The minimum atomic E-state index is 0. The SMILES string of the molecule is [F-].[F-].[F-].[F-].[F-].[W]. The largest absolute Gasteiger partial charge is 1.00 e. The van der Waals surface area contributed by atoms with Gasteiger partial charge in [-0.3, -0.25) is 0 Å². The molecular weight excluding hydrogens is 279 g/mol. The van der Waals surface area contributed by atoms with Gasteiger partial charge in [0.15, 0.2) is 0 Å². The molecule has 0 aromatic heterocycles. The van der Waals surface area contributed by atoms with Gasteiger partial charge in [-0.05, 0) is 0 Å². The molecular formula is F5W-5. The van der Waals surface area contributed by atoms with Gasteiger partial charge in [0.1, 0.15) is 0 Å². The molecule has 6 heavy (non-hydrogen) atoms. The Hall–Kier alpha value is 0.338. The third-order valence-corrected chi connectivity index (χ3v) is 0. The quantitative estimate of drug-likeness (QED) is 0.386. The van der Waals surface area contributed by atoms with Crippen LogP contribution in [0.5, 0.6) is 0 Å². The minimum Gasteiger partial charge on any atom is -1.00 e. The first-order valence-electron chi connectivity index (χ1n) is 0. The standard InChI is InChI=1S/5FH.W/h5*1H;/p-5. The van der Waals surface area contributed by atoms with Crippen LogP contribution >= 0.6 is 0 Å². The molecule has 0 fully saturated rings. The average Bonchev–Trinajstić information content (AvgIpc) is 0. The van der Waals surface area contributed by atoms with Crippen molar-refractivity contribution in [2.45, 2.75) is 0 Å². The van der Waals surface area contributed by atoms with E-state index in [-0.39, 0.29) is 44.6 Å². The molecule has 0 aliphatic carbocycles. The average molecular weight is 279 g/mol. The Bertz CT molecular complexity index is 3.90. The van der Waals surface area contributed by atoms with E-state index in [9.17, 15) is 0 Å². The third kappa shape index (κ3) is 422. The maximum Gasteiger partial charge on any atom is 0 e. The molecule has 0 rings (SSSR count). The second-order valence-electron chi connectivity index (χ2n) is 0. The van der Waals surface area contributed by atoms with E-state index in [1.54, 1.807) is 0 Å². The molecule has 0 bridgehead atoms. The Kier molecular flexibility index (Phi) is 231000. The molecule has 0 saturated heterocycles. The van der Waals surface area contributed by atoms with Crippen LogP contribution in [0, 0.1) is 0 Å². The third-order valence-electron chi connectivity index (χ3n) is 0. The topological polar surface area (TPSA) is 0 Å². The van der Waals surface area contributed by atoms with Gasteiger partial charge >= 0.3 is 0 Å². The van der Waals surface area contributed by atoms with E-state index in [2.05, 4.69) is 0 Å². The van der Waals surface area contributed by atoms with Gasteiger partial charge < -0.3 is 23.5 Å². The second-order valence-corrected chi connectivity index (χ2v) is 0. The maximum absolute atomic E-state index is 0. The van der Waals surface area contributed by atoms with Crippen LogP contribution in [0.4, 0.5) is 0 Å². The van der Waals surface area contributed by atoms with Crippen molar-refractivity contribution in [3.8, 4) is 0 Å². The number of hydrogen-bond donors (Lipinski definition) is 0. The Balaban J connectivity index is 0. The summed E-state index contributed by atoms with van der Waals surface area (Å²) >= 11 is 0. The molecule has 0 aliphatic rings. The summed E-state index contributed by atoms with van der Waals surface area (Å²) in [5, 5.41) is 0. The minimum absolute atomic E-state index is 0. The molecule has 46 valence electrons. The summed E-state index contributed by atoms with van der Waals surface area (Å²) in [6.07, 6.45) is 0. The zero-order valence-corrected chi connectivity index (χ0v) is 5.23. The van der Waals surface area contributed by atoms with E-state index in [0.29, 0.717) is 0 Å². The van der Waals surface area contributed by atoms with Gasteiger partial charge in [-0.1, -0.05) is 0 Å². The van der Waals surface area contributed by atoms with Crippen LogP contribution in [0.1, 0.15) is 0 Å². The Morgan fingerprint density at radius 3 is 0.333 bits per heavy atom. The first-order valence-corrected chi connectivity index (χ1v) is 0. The van der Waals surface area contributed by atoms with Crippen molar-refractivity contribution in [2.75, 3.05) is 0 Å². The molecule has 0 aromatic rings. The van der Waals surface area contributed by atoms with Gasteiger partial charge in [0.2, 0.25) is 0 Å². The van der Waals surface area contributed by atoms with Crippen LogP contribution in [0.3, 0.4) is 0 Å². The van der Waals surface area contributed by atoms with E-state index in [4.69, 9.17) is 0 Å². The predicted octanol–water partition coefficient (Wildman–Crippen LogP) is -15.0. The predicted molar refractivity (Wildman–Crippen MR) is 0 cm³/mol. The number of rotatable bonds is 0. The zero-order valence-electron chi connectivity index (χ0n) is 2.30. The fraction of sp³-hybridized carbons (Fsp3) is 0. The van der Waals surface area contributed by atoms with Gasteiger partial charge in [-0.25, -0.2) is 0 Å². The molecule has 0 unspecified atom stereocenters. The molecule has 0 radical (unpaired) electrons. The van der Waals surface area contributed by atoms with Crippen molar-refractivity contribution >= 4 is 0 Å². The normalized spacial score (nSPS) is 0. The van der Waals surface area contributed by atoms with E-state index in [1.807, 2.05) is 0 Å². The summed E-state index contributed by atoms with van der Waals surface area (Å²) in [5.74, 6) is 0. The fourth-order valence-corrected chi connectivity index (χ4v) is 0. The van der Waals surface area contributed by atoms with E-state index in [0.717, 1.165) is 0 Å². The number of halogens is 5. The molecule has 0 spiro atoms. The maximum atomic E-state index is 0. The fourth-order valence-electron chi connectivity index (χ4n) is 0. The van der Waals surface area contributed by atoms with Crippen LogP contribution in [-0.2, 0) is 21.1 Å². The second kappa shape index (κ2) is 878. The van der Waals surface area contributed by atoms with Crippen molar-refractivity contribution in [3.05, 3.63) is 0 Å². The van der Waals surface area contributed by atoms with Crippen molar-refractivity contribution in [3.63, 3.8) is 0 Å². The Morgan fingerprint density at radius 1 is 0.333 bits per heavy atom. The van der Waals surface area contributed by atoms with Crippen molar-refractivity contribution < 1.29 is 44.6 Å². The summed E-state index contributed by atoms with van der Waals surface area (Å²) in [6, 6.07) is 0. The number of hydrogen-bond acceptors (Lipinski definition) is 0. The molecule has 0 atom stereocenters. The molecule has 0 heterocycles. The van der Waals surface area contributed by atoms with Crippen molar-refractivity contribution in [1.29, 1.82) is 0 Å². The van der Waals surface area contributed by atoms with E-state index >= 15 is 0 Å². The van der Waals surface area contributed by atoms with Crippen LogP contribution in [0.2, 0.25) is 0 Å². The summed E-state index contributed by atoms with van der Waals surface area (Å²) in [4.78, 5) is 0. The van der Waals surface area contributed by atoms with E-state index in [1.165, 1.54) is 0 Å². The van der Waals surface area contributed by atoms with Crippen molar-refractivity contribution in [2.24, 2.45) is 0 Å². The monoisotopic (exact) mass is 279 g/mol. The first-order chi connectivity index (χ1) is 0. The molecule has 6 heteroatoms.